The summed E-state index contributed by atoms with van der Waals surface area (Å²) < 4.78 is 31.4. The molecule has 4 N–H and O–H groups in total. The van der Waals surface area contributed by atoms with Crippen molar-refractivity contribution in [1.82, 2.24) is 14.5 Å². The maximum absolute atomic E-state index is 13.0. The minimum Gasteiger partial charge on any atom is -0.388 e. The Hall–Kier alpha value is -1.50. The predicted molar refractivity (Wildman–Crippen MR) is 127 cm³/mol. The summed E-state index contributed by atoms with van der Waals surface area (Å²) in [6.45, 7) is 6.55. The van der Waals surface area contributed by atoms with Gasteiger partial charge in [0.2, 0.25) is 10.3 Å². The molecule has 5 atom stereocenters. The quantitative estimate of drug-likeness (QED) is 0.288. The van der Waals surface area contributed by atoms with E-state index in [9.17, 15) is 24.5 Å². The number of H-pyrrole nitrogens is 1. The first kappa shape index (κ1) is 27.1. The summed E-state index contributed by atoms with van der Waals surface area (Å²) in [7, 11) is -2.91. The van der Waals surface area contributed by atoms with Gasteiger partial charge >= 0.3 is 7.60 Å². The third-order valence-electron chi connectivity index (χ3n) is 6.61. The highest BCUT2D eigenvalue weighted by Crippen LogP contribution is 2.59. The van der Waals surface area contributed by atoms with Crippen LogP contribution in [0.5, 0.6) is 0 Å². The molecule has 0 radical (unpaired) electrons. The highest BCUT2D eigenvalue weighted by atomic mass is 32.1. The van der Waals surface area contributed by atoms with Gasteiger partial charge in [-0.3, -0.25) is 18.5 Å². The maximum atomic E-state index is 13.0. The molecule has 2 aromatic rings. The molecule has 1 aliphatic rings. The molecular weight excluding hydrogens is 485 g/mol. The highest BCUT2D eigenvalue weighted by Gasteiger charge is 2.51. The Morgan fingerprint density at radius 1 is 1.26 bits per heavy atom. The monoisotopic (exact) mass is 517 g/mol. The molecule has 1 saturated heterocycles. The van der Waals surface area contributed by atoms with Gasteiger partial charge in [0.15, 0.2) is 11.6 Å². The topological polar surface area (TPSA) is 156 Å². The summed E-state index contributed by atoms with van der Waals surface area (Å²) in [4.78, 5) is 29.0. The Morgan fingerprint density at radius 3 is 2.50 bits per heavy atom. The first-order valence-electron chi connectivity index (χ1n) is 11.0. The molecule has 0 bridgehead atoms. The number of hydrogen-bond acceptors (Lipinski definition) is 9. The van der Waals surface area contributed by atoms with E-state index in [-0.39, 0.29) is 16.8 Å². The lowest BCUT2D eigenvalue weighted by molar-refractivity contribution is -0.0774. The minimum absolute atomic E-state index is 0.0424. The van der Waals surface area contributed by atoms with E-state index >= 15 is 0 Å². The molecular formula is C21H32N3O8PS. The third-order valence-corrected chi connectivity index (χ3v) is 9.09. The van der Waals surface area contributed by atoms with Crippen LogP contribution in [0.4, 0.5) is 0 Å². The summed E-state index contributed by atoms with van der Waals surface area (Å²) in [5.74, 6) is 0. The van der Waals surface area contributed by atoms with E-state index in [1.54, 1.807) is 12.3 Å². The van der Waals surface area contributed by atoms with E-state index in [2.05, 4.69) is 9.97 Å². The number of nitrogens with one attached hydrogen (secondary N) is 1. The van der Waals surface area contributed by atoms with E-state index in [4.69, 9.17) is 26.2 Å². The van der Waals surface area contributed by atoms with Gasteiger partial charge in [-0.25, -0.2) is 4.98 Å². The van der Waals surface area contributed by atoms with Crippen LogP contribution in [0.25, 0.3) is 11.0 Å². The molecule has 2 aromatic heterocycles. The van der Waals surface area contributed by atoms with Gasteiger partial charge in [-0.15, -0.1) is 0 Å². The first-order valence-corrected chi connectivity index (χ1v) is 13.0. The molecule has 1 fully saturated rings. The van der Waals surface area contributed by atoms with Crippen LogP contribution < -0.4 is 5.56 Å². The number of aliphatic hydroxyl groups is 2. The van der Waals surface area contributed by atoms with Crippen molar-refractivity contribution in [3.63, 3.8) is 0 Å². The van der Waals surface area contributed by atoms with Crippen LogP contribution in [0.1, 0.15) is 53.2 Å². The van der Waals surface area contributed by atoms with Crippen molar-refractivity contribution in [3.8, 4) is 0 Å². The molecule has 0 aliphatic carbocycles. The lowest BCUT2D eigenvalue weighted by Gasteiger charge is -2.39. The maximum Gasteiger partial charge on any atom is 0.359 e. The molecule has 0 saturated carbocycles. The van der Waals surface area contributed by atoms with Crippen molar-refractivity contribution in [2.24, 2.45) is 0 Å². The fourth-order valence-electron chi connectivity index (χ4n) is 3.90. The number of rotatable bonds is 9. The zero-order chi connectivity index (χ0) is 25.5. The fraction of sp³-hybridized carbons (Fsp3) is 0.667. The number of fused-ring (bicyclic) bond motifs is 1. The second kappa shape index (κ2) is 9.87. The summed E-state index contributed by atoms with van der Waals surface area (Å²) in [5, 5.41) is 20.7. The van der Waals surface area contributed by atoms with Crippen molar-refractivity contribution in [3.05, 3.63) is 33.5 Å². The Kier molecular flexibility index (Phi) is 7.86. The first-order chi connectivity index (χ1) is 15.8. The SMILES string of the molecule is CCC(CC)(CC1OC(n2cc3ccc(=O)[nH]c3nc2=S)C(O)C1O)OP(=O)(O)C(C)(C)OC. The van der Waals surface area contributed by atoms with Crippen molar-refractivity contribution in [2.45, 2.75) is 82.4 Å². The van der Waals surface area contributed by atoms with E-state index in [0.717, 1.165) is 0 Å². The number of aromatic nitrogens is 3. The summed E-state index contributed by atoms with van der Waals surface area (Å²) in [6, 6.07) is 2.90. The van der Waals surface area contributed by atoms with Gasteiger partial charge in [0.25, 0.3) is 0 Å². The average molecular weight is 518 g/mol. The number of aliphatic hydroxyl groups excluding tert-OH is 2. The van der Waals surface area contributed by atoms with Crippen LogP contribution >= 0.6 is 19.8 Å². The van der Waals surface area contributed by atoms with Gasteiger partial charge in [-0.2, -0.15) is 0 Å². The summed E-state index contributed by atoms with van der Waals surface area (Å²) in [6.07, 6.45) is -2.31. The molecule has 0 amide bonds. The van der Waals surface area contributed by atoms with Crippen molar-refractivity contribution in [2.75, 3.05) is 7.11 Å². The van der Waals surface area contributed by atoms with Crippen LogP contribution in [0, 0.1) is 4.77 Å². The van der Waals surface area contributed by atoms with Gasteiger partial charge in [-0.1, -0.05) is 13.8 Å². The molecule has 3 rings (SSSR count). The Morgan fingerprint density at radius 2 is 1.91 bits per heavy atom. The summed E-state index contributed by atoms with van der Waals surface area (Å²) >= 11 is 5.32. The third kappa shape index (κ3) is 5.05. The van der Waals surface area contributed by atoms with E-state index in [1.807, 2.05) is 13.8 Å². The van der Waals surface area contributed by atoms with Crippen molar-refractivity contribution in [1.29, 1.82) is 0 Å². The van der Waals surface area contributed by atoms with E-state index in [0.29, 0.717) is 23.9 Å². The molecule has 5 unspecified atom stereocenters. The summed E-state index contributed by atoms with van der Waals surface area (Å²) in [5.41, 5.74) is -1.15. The Labute approximate surface area is 202 Å². The second-order valence-corrected chi connectivity index (χ2v) is 11.6. The number of aromatic amines is 1. The molecule has 13 heteroatoms. The normalized spacial score (nSPS) is 25.5. The molecule has 34 heavy (non-hydrogen) atoms. The van der Waals surface area contributed by atoms with Gasteiger partial charge in [0.1, 0.15) is 17.9 Å². The number of hydrogen-bond donors (Lipinski definition) is 4. The largest absolute Gasteiger partial charge is 0.388 e. The molecule has 190 valence electrons. The Bertz CT molecular complexity index is 1190. The van der Waals surface area contributed by atoms with E-state index < -0.39 is 43.1 Å². The van der Waals surface area contributed by atoms with Gasteiger partial charge in [0, 0.05) is 31.2 Å². The van der Waals surface area contributed by atoms with Crippen molar-refractivity contribution >= 4 is 30.8 Å². The fourth-order valence-corrected chi connectivity index (χ4v) is 5.46. The van der Waals surface area contributed by atoms with E-state index in [1.165, 1.54) is 31.6 Å². The Balaban J connectivity index is 1.90. The van der Waals surface area contributed by atoms with Crippen LogP contribution in [-0.2, 0) is 18.6 Å². The van der Waals surface area contributed by atoms with Gasteiger partial charge in [0.05, 0.1) is 11.7 Å². The molecule has 11 nitrogen and oxygen atoms in total. The van der Waals surface area contributed by atoms with Gasteiger partial charge < -0.3 is 29.6 Å². The average Bonchev–Trinajstić information content (AvgIpc) is 3.05. The minimum atomic E-state index is -4.24. The number of pyridine rings is 1. The van der Waals surface area contributed by atoms with Crippen molar-refractivity contribution < 1.29 is 33.7 Å². The zero-order valence-electron chi connectivity index (χ0n) is 19.8. The van der Waals surface area contributed by atoms with Crippen LogP contribution in [-0.4, -0.2) is 66.0 Å². The lowest BCUT2D eigenvalue weighted by atomic mass is 9.88. The molecule has 0 aromatic carbocycles. The zero-order valence-corrected chi connectivity index (χ0v) is 21.5. The molecule has 3 heterocycles. The van der Waals surface area contributed by atoms with Crippen LogP contribution in [0.2, 0.25) is 0 Å². The lowest BCUT2D eigenvalue weighted by Crippen LogP contribution is -2.41. The standard InChI is InChI=1S/C21H32N3O8PS/c1-6-21(7-2,32-33(28,29)20(3,4)30-5)10-13-15(26)16(27)18(31-13)24-11-12-8-9-14(25)22-17(12)23-19(24)34/h8-9,11,13,15-16,18,26-27H,6-7,10H2,1-5H3,(H,28,29)(H,22,23,25,34). The number of methoxy groups -OCH3 is 1. The van der Waals surface area contributed by atoms with Crippen LogP contribution in [0.15, 0.2) is 23.1 Å². The molecule has 0 spiro atoms. The van der Waals surface area contributed by atoms with Crippen LogP contribution in [0.3, 0.4) is 0 Å². The number of nitrogens with zero attached hydrogens (tertiary/aromatic N) is 2. The number of ether oxygens (including phenoxy) is 2. The predicted octanol–water partition coefficient (Wildman–Crippen LogP) is 2.61. The molecule has 1 aliphatic heterocycles. The smallest absolute Gasteiger partial charge is 0.359 e. The highest BCUT2D eigenvalue weighted by molar-refractivity contribution is 7.71. The second-order valence-electron chi connectivity index (χ2n) is 8.96. The van der Waals surface area contributed by atoms with Gasteiger partial charge in [-0.05, 0) is 45.0 Å².